The minimum absolute atomic E-state index is 0. The summed E-state index contributed by atoms with van der Waals surface area (Å²) in [5.41, 5.74) is 2.43. The topological polar surface area (TPSA) is 44.4 Å². The smallest absolute Gasteiger partial charge is 0.234 e. The van der Waals surface area contributed by atoms with Gasteiger partial charge in [-0.05, 0) is 44.5 Å². The molecule has 5 heteroatoms. The lowest BCUT2D eigenvalue weighted by molar-refractivity contribution is -0.120. The van der Waals surface area contributed by atoms with Crippen LogP contribution in [0.4, 0.5) is 5.69 Å². The van der Waals surface area contributed by atoms with Gasteiger partial charge in [-0.2, -0.15) is 0 Å². The molecule has 0 aliphatic carbocycles. The van der Waals surface area contributed by atoms with Crippen LogP contribution in [-0.2, 0) is 4.79 Å². The van der Waals surface area contributed by atoms with Gasteiger partial charge in [0, 0.05) is 18.8 Å². The van der Waals surface area contributed by atoms with E-state index in [1.165, 1.54) is 18.5 Å². The maximum absolute atomic E-state index is 11.6. The van der Waals surface area contributed by atoms with Crippen LogP contribution in [0.2, 0.25) is 0 Å². The minimum Gasteiger partial charge on any atom is -0.372 e. The lowest BCUT2D eigenvalue weighted by Gasteiger charge is -2.20. The zero-order chi connectivity index (χ0) is 13.7. The second kappa shape index (κ2) is 8.12. The van der Waals surface area contributed by atoms with Crippen LogP contribution in [-0.4, -0.2) is 32.6 Å². The molecule has 1 atom stereocenters. The largest absolute Gasteiger partial charge is 0.372 e. The standard InChI is InChI=1S/C15H23N3O.ClH/c1-12(17-15(19)11-16-2)13-6-5-7-14(10-13)18-8-3-4-9-18;/h5-7,10,12,16H,3-4,8-9,11H2,1-2H3,(H,17,19);1H. The van der Waals surface area contributed by atoms with Crippen molar-refractivity contribution in [2.45, 2.75) is 25.8 Å². The van der Waals surface area contributed by atoms with Crippen molar-refractivity contribution in [1.82, 2.24) is 10.6 Å². The van der Waals surface area contributed by atoms with Gasteiger partial charge in [-0.3, -0.25) is 4.79 Å². The summed E-state index contributed by atoms with van der Waals surface area (Å²) in [4.78, 5) is 14.0. The van der Waals surface area contributed by atoms with Crippen molar-refractivity contribution < 1.29 is 4.79 Å². The second-order valence-corrected chi connectivity index (χ2v) is 5.11. The third-order valence-electron chi connectivity index (χ3n) is 3.56. The molecule has 1 heterocycles. The highest BCUT2D eigenvalue weighted by atomic mass is 35.5. The van der Waals surface area contributed by atoms with Crippen molar-refractivity contribution in [2.75, 3.05) is 31.6 Å². The van der Waals surface area contributed by atoms with Crippen LogP contribution >= 0.6 is 12.4 Å². The molecular weight excluding hydrogens is 274 g/mol. The van der Waals surface area contributed by atoms with E-state index in [2.05, 4.69) is 39.8 Å². The normalized spacial score (nSPS) is 15.6. The Morgan fingerprint density at radius 1 is 1.35 bits per heavy atom. The number of likely N-dealkylation sites (N-methyl/N-ethyl adjacent to an activating group) is 1. The molecule has 1 saturated heterocycles. The molecule has 2 rings (SSSR count). The lowest BCUT2D eigenvalue weighted by Crippen LogP contribution is -2.34. The van der Waals surface area contributed by atoms with Crippen LogP contribution in [0.15, 0.2) is 24.3 Å². The molecule has 112 valence electrons. The lowest BCUT2D eigenvalue weighted by atomic mass is 10.1. The summed E-state index contributed by atoms with van der Waals surface area (Å²) in [6, 6.07) is 8.53. The number of halogens is 1. The van der Waals surface area contributed by atoms with E-state index in [1.54, 1.807) is 7.05 Å². The summed E-state index contributed by atoms with van der Waals surface area (Å²) in [5.74, 6) is 0.0292. The Balaban J connectivity index is 0.00000200. The number of hydrogen-bond donors (Lipinski definition) is 2. The van der Waals surface area contributed by atoms with Gasteiger partial charge >= 0.3 is 0 Å². The number of benzene rings is 1. The fourth-order valence-corrected chi connectivity index (χ4v) is 2.50. The Morgan fingerprint density at radius 2 is 2.05 bits per heavy atom. The number of hydrogen-bond acceptors (Lipinski definition) is 3. The predicted octanol–water partition coefficient (Wildman–Crippen LogP) is 2.11. The van der Waals surface area contributed by atoms with Crippen molar-refractivity contribution in [3.05, 3.63) is 29.8 Å². The van der Waals surface area contributed by atoms with Crippen LogP contribution in [0.25, 0.3) is 0 Å². The van der Waals surface area contributed by atoms with E-state index in [-0.39, 0.29) is 24.4 Å². The summed E-state index contributed by atoms with van der Waals surface area (Å²) in [6.45, 7) is 4.67. The maximum atomic E-state index is 11.6. The zero-order valence-corrected chi connectivity index (χ0v) is 13.0. The van der Waals surface area contributed by atoms with Crippen molar-refractivity contribution in [3.8, 4) is 0 Å². The predicted molar refractivity (Wildman–Crippen MR) is 85.6 cm³/mol. The van der Waals surface area contributed by atoms with Gasteiger partial charge < -0.3 is 15.5 Å². The van der Waals surface area contributed by atoms with Gasteiger partial charge in [-0.25, -0.2) is 0 Å². The Labute approximate surface area is 127 Å². The number of carbonyl (C=O) groups is 1. The quantitative estimate of drug-likeness (QED) is 0.875. The first-order chi connectivity index (χ1) is 9.20. The summed E-state index contributed by atoms with van der Waals surface area (Å²) in [7, 11) is 1.78. The third-order valence-corrected chi connectivity index (χ3v) is 3.56. The molecule has 2 N–H and O–H groups in total. The van der Waals surface area contributed by atoms with Crippen molar-refractivity contribution >= 4 is 24.0 Å². The SMILES string of the molecule is CNCC(=O)NC(C)c1cccc(N2CCCC2)c1.Cl. The van der Waals surface area contributed by atoms with E-state index in [4.69, 9.17) is 0 Å². The number of nitrogens with one attached hydrogen (secondary N) is 2. The number of anilines is 1. The Kier molecular flexibility index (Phi) is 6.82. The highest BCUT2D eigenvalue weighted by Gasteiger charge is 2.14. The molecule has 1 aromatic carbocycles. The Hall–Kier alpha value is -1.26. The number of carbonyl (C=O) groups excluding carboxylic acids is 1. The fourth-order valence-electron chi connectivity index (χ4n) is 2.50. The minimum atomic E-state index is 0. The molecule has 0 radical (unpaired) electrons. The zero-order valence-electron chi connectivity index (χ0n) is 12.2. The van der Waals surface area contributed by atoms with E-state index in [0.717, 1.165) is 18.7 Å². The molecule has 0 bridgehead atoms. The molecule has 4 nitrogen and oxygen atoms in total. The molecule has 1 fully saturated rings. The number of rotatable bonds is 5. The van der Waals surface area contributed by atoms with Crippen molar-refractivity contribution in [2.24, 2.45) is 0 Å². The van der Waals surface area contributed by atoms with Crippen molar-refractivity contribution in [3.63, 3.8) is 0 Å². The average molecular weight is 298 g/mol. The van der Waals surface area contributed by atoms with E-state index < -0.39 is 0 Å². The van der Waals surface area contributed by atoms with Crippen LogP contribution in [0.5, 0.6) is 0 Å². The molecule has 1 aliphatic rings. The summed E-state index contributed by atoms with van der Waals surface area (Å²) < 4.78 is 0. The molecule has 0 aromatic heterocycles. The summed E-state index contributed by atoms with van der Waals surface area (Å²) >= 11 is 0. The van der Waals surface area contributed by atoms with Crippen LogP contribution in [0.1, 0.15) is 31.4 Å². The average Bonchev–Trinajstić information content (AvgIpc) is 2.93. The molecular formula is C15H24ClN3O. The molecule has 0 spiro atoms. The molecule has 1 unspecified atom stereocenters. The summed E-state index contributed by atoms with van der Waals surface area (Å²) in [6.07, 6.45) is 2.55. The Morgan fingerprint density at radius 3 is 2.70 bits per heavy atom. The van der Waals surface area contributed by atoms with Gasteiger partial charge in [0.25, 0.3) is 0 Å². The monoisotopic (exact) mass is 297 g/mol. The number of nitrogens with zero attached hydrogens (tertiary/aromatic N) is 1. The first-order valence-corrected chi connectivity index (χ1v) is 6.99. The van der Waals surface area contributed by atoms with Gasteiger partial charge in [0.2, 0.25) is 5.91 Å². The first kappa shape index (κ1) is 16.8. The van der Waals surface area contributed by atoms with Gasteiger partial charge in [-0.1, -0.05) is 12.1 Å². The van der Waals surface area contributed by atoms with Gasteiger partial charge in [0.15, 0.2) is 0 Å². The molecule has 1 aliphatic heterocycles. The van der Waals surface area contributed by atoms with Crippen LogP contribution < -0.4 is 15.5 Å². The molecule has 0 saturated carbocycles. The van der Waals surface area contributed by atoms with E-state index in [9.17, 15) is 4.79 Å². The fraction of sp³-hybridized carbons (Fsp3) is 0.533. The summed E-state index contributed by atoms with van der Waals surface area (Å²) in [5, 5.41) is 5.86. The maximum Gasteiger partial charge on any atom is 0.234 e. The van der Waals surface area contributed by atoms with Crippen LogP contribution in [0, 0.1) is 0 Å². The molecule has 1 amide bonds. The Bertz CT molecular complexity index is 433. The third kappa shape index (κ3) is 4.39. The van der Waals surface area contributed by atoms with Gasteiger partial charge in [0.1, 0.15) is 0 Å². The van der Waals surface area contributed by atoms with E-state index >= 15 is 0 Å². The van der Waals surface area contributed by atoms with Crippen LogP contribution in [0.3, 0.4) is 0 Å². The highest BCUT2D eigenvalue weighted by molar-refractivity contribution is 5.85. The first-order valence-electron chi connectivity index (χ1n) is 6.99. The second-order valence-electron chi connectivity index (χ2n) is 5.11. The molecule has 1 aromatic rings. The van der Waals surface area contributed by atoms with Gasteiger partial charge in [-0.15, -0.1) is 12.4 Å². The van der Waals surface area contributed by atoms with E-state index in [0.29, 0.717) is 6.54 Å². The van der Waals surface area contributed by atoms with E-state index in [1.807, 2.05) is 6.92 Å². The highest BCUT2D eigenvalue weighted by Crippen LogP contribution is 2.23. The number of amides is 1. The molecule has 20 heavy (non-hydrogen) atoms. The van der Waals surface area contributed by atoms with Crippen molar-refractivity contribution in [1.29, 1.82) is 0 Å². The van der Waals surface area contributed by atoms with Gasteiger partial charge in [0.05, 0.1) is 12.6 Å².